The minimum Gasteiger partial charge on any atom is -0.325 e. The number of carbonyl (C=O) groups excluding carboxylic acids is 2. The van der Waals surface area contributed by atoms with Crippen molar-refractivity contribution in [3.8, 4) is 0 Å². The van der Waals surface area contributed by atoms with E-state index in [0.29, 0.717) is 12.1 Å². The fraction of sp³-hybridized carbons (Fsp3) is 0.400. The van der Waals surface area contributed by atoms with Gasteiger partial charge in [0.25, 0.3) is 5.91 Å². The van der Waals surface area contributed by atoms with E-state index in [0.717, 1.165) is 5.56 Å². The molecule has 8 nitrogen and oxygen atoms in total. The summed E-state index contributed by atoms with van der Waals surface area (Å²) in [4.78, 5) is 29.7. The molecule has 1 saturated heterocycles. The van der Waals surface area contributed by atoms with Crippen molar-refractivity contribution in [2.45, 2.75) is 38.9 Å². The maximum atomic E-state index is 12.4. The van der Waals surface area contributed by atoms with Crippen molar-refractivity contribution in [3.63, 3.8) is 0 Å². The molecule has 1 fully saturated rings. The molecule has 0 spiro atoms. The van der Waals surface area contributed by atoms with E-state index in [-0.39, 0.29) is 24.5 Å². The van der Waals surface area contributed by atoms with Crippen molar-refractivity contribution < 1.29 is 9.59 Å². The number of nitrogens with one attached hydrogen (secondary N) is 1. The van der Waals surface area contributed by atoms with Gasteiger partial charge in [-0.2, -0.15) is 0 Å². The van der Waals surface area contributed by atoms with Crippen LogP contribution < -0.4 is 5.32 Å². The fourth-order valence-corrected chi connectivity index (χ4v) is 2.41. The van der Waals surface area contributed by atoms with Crippen molar-refractivity contribution in [1.29, 1.82) is 0 Å². The van der Waals surface area contributed by atoms with Gasteiger partial charge >= 0.3 is 6.03 Å². The molecule has 1 N–H and O–H groups in total. The second kappa shape index (κ2) is 6.15. The number of urea groups is 1. The molecule has 120 valence electrons. The summed E-state index contributed by atoms with van der Waals surface area (Å²) in [7, 11) is 0. The lowest BCUT2D eigenvalue weighted by Gasteiger charge is -2.12. The zero-order valence-corrected chi connectivity index (χ0v) is 13.0. The van der Waals surface area contributed by atoms with Crippen molar-refractivity contribution in [1.82, 2.24) is 30.2 Å². The van der Waals surface area contributed by atoms with Crippen LogP contribution in [0.4, 0.5) is 4.79 Å². The number of imide groups is 1. The lowest BCUT2D eigenvalue weighted by Crippen LogP contribution is -2.32. The van der Waals surface area contributed by atoms with E-state index in [2.05, 4.69) is 20.6 Å². The topological polar surface area (TPSA) is 93.0 Å². The highest BCUT2D eigenvalue weighted by molar-refractivity contribution is 6.04. The van der Waals surface area contributed by atoms with E-state index in [1.165, 1.54) is 4.90 Å². The van der Waals surface area contributed by atoms with E-state index in [1.54, 1.807) is 29.3 Å². The fourth-order valence-electron chi connectivity index (χ4n) is 2.41. The Bertz CT molecular complexity index is 712. The normalized spacial score (nSPS) is 17.9. The molecule has 1 unspecified atom stereocenters. The zero-order valence-electron chi connectivity index (χ0n) is 13.0. The van der Waals surface area contributed by atoms with Gasteiger partial charge in [-0.3, -0.25) is 14.7 Å². The first-order valence-corrected chi connectivity index (χ1v) is 7.46. The Morgan fingerprint density at radius 1 is 1.35 bits per heavy atom. The van der Waals surface area contributed by atoms with Gasteiger partial charge in [0, 0.05) is 31.1 Å². The Morgan fingerprint density at radius 2 is 2.17 bits per heavy atom. The largest absolute Gasteiger partial charge is 0.325 e. The van der Waals surface area contributed by atoms with Crippen LogP contribution in [0, 0.1) is 0 Å². The van der Waals surface area contributed by atoms with Crippen molar-refractivity contribution in [2.75, 3.05) is 0 Å². The van der Waals surface area contributed by atoms with Gasteiger partial charge in [0.1, 0.15) is 6.04 Å². The van der Waals surface area contributed by atoms with E-state index in [1.807, 2.05) is 19.9 Å². The summed E-state index contributed by atoms with van der Waals surface area (Å²) in [6, 6.07) is 2.81. The summed E-state index contributed by atoms with van der Waals surface area (Å²) in [5.41, 5.74) is 1.49. The van der Waals surface area contributed by atoms with Gasteiger partial charge in [-0.1, -0.05) is 11.3 Å². The summed E-state index contributed by atoms with van der Waals surface area (Å²) in [6.45, 7) is 4.21. The Kier molecular flexibility index (Phi) is 4.05. The second-order valence-corrected chi connectivity index (χ2v) is 5.78. The minimum atomic E-state index is -0.600. The highest BCUT2D eigenvalue weighted by Crippen LogP contribution is 2.14. The van der Waals surface area contributed by atoms with Crippen LogP contribution in [0.15, 0.2) is 30.7 Å². The average Bonchev–Trinajstić information content (AvgIpc) is 3.10. The first-order chi connectivity index (χ1) is 11.0. The monoisotopic (exact) mass is 314 g/mol. The summed E-state index contributed by atoms with van der Waals surface area (Å²) in [5.74, 6) is -0.252. The Hall–Kier alpha value is -2.77. The number of hydrogen-bond acceptors (Lipinski definition) is 5. The van der Waals surface area contributed by atoms with Gasteiger partial charge in [0.05, 0.1) is 12.2 Å². The number of carbonyl (C=O) groups is 2. The van der Waals surface area contributed by atoms with Crippen LogP contribution in [0.2, 0.25) is 0 Å². The molecule has 2 aromatic rings. The van der Waals surface area contributed by atoms with E-state index < -0.39 is 6.04 Å². The quantitative estimate of drug-likeness (QED) is 0.828. The van der Waals surface area contributed by atoms with Crippen molar-refractivity contribution >= 4 is 11.9 Å². The lowest BCUT2D eigenvalue weighted by atomic mass is 10.1. The molecule has 1 aliphatic rings. The van der Waals surface area contributed by atoms with Gasteiger partial charge in [-0.25, -0.2) is 9.48 Å². The maximum absolute atomic E-state index is 12.4. The average molecular weight is 314 g/mol. The summed E-state index contributed by atoms with van der Waals surface area (Å²) in [6.07, 6.45) is 5.42. The Labute approximate surface area is 133 Å². The van der Waals surface area contributed by atoms with Gasteiger partial charge in [-0.05, 0) is 25.5 Å². The molecule has 3 amide bonds. The van der Waals surface area contributed by atoms with Crippen LogP contribution >= 0.6 is 0 Å². The van der Waals surface area contributed by atoms with Crippen molar-refractivity contribution in [3.05, 3.63) is 42.0 Å². The van der Waals surface area contributed by atoms with Gasteiger partial charge in [0.15, 0.2) is 0 Å². The molecular weight excluding hydrogens is 296 g/mol. The third-order valence-corrected chi connectivity index (χ3v) is 3.67. The molecule has 0 saturated carbocycles. The van der Waals surface area contributed by atoms with E-state index in [4.69, 9.17) is 0 Å². The molecule has 0 radical (unpaired) electrons. The first kappa shape index (κ1) is 15.1. The molecule has 3 heterocycles. The van der Waals surface area contributed by atoms with Crippen molar-refractivity contribution in [2.24, 2.45) is 0 Å². The molecule has 1 aliphatic heterocycles. The molecule has 2 aromatic heterocycles. The van der Waals surface area contributed by atoms with Crippen LogP contribution in [-0.4, -0.2) is 42.9 Å². The number of pyridine rings is 1. The molecule has 1 atom stereocenters. The van der Waals surface area contributed by atoms with Crippen LogP contribution in [0.25, 0.3) is 0 Å². The van der Waals surface area contributed by atoms with E-state index in [9.17, 15) is 9.59 Å². The number of hydrogen-bond donors (Lipinski definition) is 1. The smallest absolute Gasteiger partial charge is 0.325 e. The molecule has 8 heteroatoms. The van der Waals surface area contributed by atoms with Crippen LogP contribution in [0.5, 0.6) is 0 Å². The lowest BCUT2D eigenvalue weighted by molar-refractivity contribution is -0.127. The maximum Gasteiger partial charge on any atom is 0.325 e. The van der Waals surface area contributed by atoms with Crippen LogP contribution in [0.1, 0.15) is 31.1 Å². The number of nitrogens with zero attached hydrogens (tertiary/aromatic N) is 5. The zero-order chi connectivity index (χ0) is 16.4. The standard InChI is InChI=1S/C15H18N6O2/c1-10(2)21-9-12(18-19-21)6-13-14(22)20(15(23)17-13)8-11-4-3-5-16-7-11/h3-5,7,9-10,13H,6,8H2,1-2H3,(H,17,23). The van der Waals surface area contributed by atoms with E-state index >= 15 is 0 Å². The first-order valence-electron chi connectivity index (χ1n) is 7.46. The second-order valence-electron chi connectivity index (χ2n) is 5.78. The molecular formula is C15H18N6O2. The Balaban J connectivity index is 1.68. The summed E-state index contributed by atoms with van der Waals surface area (Å²) >= 11 is 0. The van der Waals surface area contributed by atoms with Gasteiger partial charge < -0.3 is 5.32 Å². The molecule has 3 rings (SSSR count). The summed E-state index contributed by atoms with van der Waals surface area (Å²) in [5, 5.41) is 10.8. The predicted octanol–water partition coefficient (Wildman–Crippen LogP) is 0.917. The highest BCUT2D eigenvalue weighted by Gasteiger charge is 2.38. The minimum absolute atomic E-state index is 0.201. The number of rotatable bonds is 5. The number of amides is 3. The highest BCUT2D eigenvalue weighted by atomic mass is 16.2. The van der Waals surface area contributed by atoms with Crippen LogP contribution in [0.3, 0.4) is 0 Å². The van der Waals surface area contributed by atoms with Crippen LogP contribution in [-0.2, 0) is 17.8 Å². The predicted molar refractivity (Wildman–Crippen MR) is 81.2 cm³/mol. The SMILES string of the molecule is CC(C)n1cc(CC2NC(=O)N(Cc3cccnc3)C2=O)nn1. The number of aromatic nitrogens is 4. The molecule has 23 heavy (non-hydrogen) atoms. The molecule has 0 aromatic carbocycles. The third-order valence-electron chi connectivity index (χ3n) is 3.67. The Morgan fingerprint density at radius 3 is 2.83 bits per heavy atom. The van der Waals surface area contributed by atoms with Gasteiger partial charge in [-0.15, -0.1) is 5.10 Å². The molecule has 0 bridgehead atoms. The molecule has 0 aliphatic carbocycles. The van der Waals surface area contributed by atoms with Gasteiger partial charge in [0.2, 0.25) is 0 Å². The third kappa shape index (κ3) is 3.20. The summed E-state index contributed by atoms with van der Waals surface area (Å²) < 4.78 is 1.73.